The Morgan fingerprint density at radius 2 is 0.937 bits per heavy atom. The smallest absolute Gasteiger partial charge is 0.252 e. The van der Waals surface area contributed by atoms with Gasteiger partial charge in [0.25, 0.3) is 6.71 Å². The minimum atomic E-state index is 0.0118. The molecule has 1 aromatic heterocycles. The van der Waals surface area contributed by atoms with Crippen LogP contribution in [0.3, 0.4) is 0 Å². The highest BCUT2D eigenvalue weighted by molar-refractivity contribution is 7.00. The Bertz CT molecular complexity index is 3300. The van der Waals surface area contributed by atoms with E-state index in [1.165, 1.54) is 50.0 Å². The van der Waals surface area contributed by atoms with Crippen LogP contribution in [0.25, 0.3) is 33.1 Å². The number of anilines is 9. The Hall–Kier alpha value is -7.76. The van der Waals surface area contributed by atoms with E-state index in [9.17, 15) is 0 Å². The minimum absolute atomic E-state index is 0.0118. The normalized spacial score (nSPS) is 12.7. The number of hydrogen-bond donors (Lipinski definition) is 0. The predicted octanol–water partition coefficient (Wildman–Crippen LogP) is 14.0. The van der Waals surface area contributed by atoms with Crippen LogP contribution >= 0.6 is 0 Å². The molecule has 2 aliphatic heterocycles. The maximum atomic E-state index is 7.15. The van der Waals surface area contributed by atoms with Crippen LogP contribution in [-0.4, -0.2) is 6.71 Å². The summed E-state index contributed by atoms with van der Waals surface area (Å²) >= 11 is 0. The number of para-hydroxylation sites is 3. The molecule has 4 nitrogen and oxygen atoms in total. The molecule has 0 unspecified atom stereocenters. The molecular weight excluding hydrogens is 765 g/mol. The van der Waals surface area contributed by atoms with Gasteiger partial charge in [0.15, 0.2) is 5.58 Å². The maximum absolute atomic E-state index is 7.15. The molecule has 12 rings (SSSR count). The van der Waals surface area contributed by atoms with E-state index >= 15 is 0 Å². The predicted molar refractivity (Wildman–Crippen MR) is 267 cm³/mol. The molecule has 2 aliphatic rings. The summed E-state index contributed by atoms with van der Waals surface area (Å²) < 4.78 is 7.15. The van der Waals surface area contributed by atoms with Crippen LogP contribution in [0.1, 0.15) is 22.3 Å². The molecule has 9 aromatic carbocycles. The van der Waals surface area contributed by atoms with Crippen LogP contribution < -0.4 is 31.1 Å². The van der Waals surface area contributed by atoms with Gasteiger partial charge in [-0.3, -0.25) is 0 Å². The van der Waals surface area contributed by atoms with Crippen molar-refractivity contribution in [1.82, 2.24) is 0 Å². The third kappa shape index (κ3) is 5.91. The highest BCUT2D eigenvalue weighted by Gasteiger charge is 2.44. The summed E-state index contributed by atoms with van der Waals surface area (Å²) in [6, 6.07) is 71.2. The number of aryl methyl sites for hydroxylation is 4. The fourth-order valence-corrected chi connectivity index (χ4v) is 10.2. The average Bonchev–Trinajstić information content (AvgIpc) is 3.69. The van der Waals surface area contributed by atoms with Crippen molar-refractivity contribution in [2.75, 3.05) is 14.7 Å². The summed E-state index contributed by atoms with van der Waals surface area (Å²) in [6.45, 7) is 8.80. The molecule has 0 spiro atoms. The first-order valence-corrected chi connectivity index (χ1v) is 21.9. The van der Waals surface area contributed by atoms with Gasteiger partial charge in [-0.1, -0.05) is 127 Å². The quantitative estimate of drug-likeness (QED) is 0.156. The maximum Gasteiger partial charge on any atom is 0.252 e. The van der Waals surface area contributed by atoms with E-state index in [-0.39, 0.29) is 6.71 Å². The Morgan fingerprint density at radius 1 is 0.413 bits per heavy atom. The van der Waals surface area contributed by atoms with Gasteiger partial charge >= 0.3 is 0 Å². The molecule has 0 amide bonds. The lowest BCUT2D eigenvalue weighted by atomic mass is 9.33. The molecule has 63 heavy (non-hydrogen) atoms. The SMILES string of the molecule is Cc1cccc(N2c3cc(C)ccc3B3c4ccc(C)cc4N(c4cccc(C)c4)c4cc(N(c5ccccc5)c5cccc6c5oc5c(-c7ccccc7)cccc56)cc2c43)c1. The van der Waals surface area contributed by atoms with Crippen LogP contribution in [0.15, 0.2) is 199 Å². The summed E-state index contributed by atoms with van der Waals surface area (Å²) in [7, 11) is 0. The van der Waals surface area contributed by atoms with E-state index in [1.807, 2.05) is 0 Å². The summed E-state index contributed by atoms with van der Waals surface area (Å²) in [6.07, 6.45) is 0. The molecule has 0 saturated heterocycles. The Balaban J connectivity index is 1.20. The molecule has 0 bridgehead atoms. The number of nitrogens with zero attached hydrogens (tertiary/aromatic N) is 3. The molecular formula is C58H44BN3O. The van der Waals surface area contributed by atoms with E-state index in [0.717, 1.165) is 72.9 Å². The van der Waals surface area contributed by atoms with E-state index in [0.29, 0.717) is 0 Å². The highest BCUT2D eigenvalue weighted by atomic mass is 16.3. The molecule has 0 radical (unpaired) electrons. The van der Waals surface area contributed by atoms with Crippen molar-refractivity contribution in [3.05, 3.63) is 216 Å². The van der Waals surface area contributed by atoms with Gasteiger partial charge in [0, 0.05) is 56.1 Å². The van der Waals surface area contributed by atoms with E-state index < -0.39 is 0 Å². The fourth-order valence-electron chi connectivity index (χ4n) is 10.2. The lowest BCUT2D eigenvalue weighted by molar-refractivity contribution is 0.670. The van der Waals surface area contributed by atoms with Gasteiger partial charge in [-0.15, -0.1) is 0 Å². The van der Waals surface area contributed by atoms with Gasteiger partial charge in [-0.05, 0) is 139 Å². The first-order chi connectivity index (χ1) is 30.9. The Morgan fingerprint density at radius 3 is 1.52 bits per heavy atom. The van der Waals surface area contributed by atoms with Crippen LogP contribution in [0.2, 0.25) is 0 Å². The molecule has 0 saturated carbocycles. The van der Waals surface area contributed by atoms with Crippen molar-refractivity contribution in [3.63, 3.8) is 0 Å². The van der Waals surface area contributed by atoms with E-state index in [1.54, 1.807) is 0 Å². The van der Waals surface area contributed by atoms with Gasteiger partial charge in [-0.25, -0.2) is 0 Å². The van der Waals surface area contributed by atoms with Crippen molar-refractivity contribution < 1.29 is 4.42 Å². The van der Waals surface area contributed by atoms with Crippen LogP contribution in [0.5, 0.6) is 0 Å². The lowest BCUT2D eigenvalue weighted by Crippen LogP contribution is -2.61. The first kappa shape index (κ1) is 37.0. The molecule has 0 N–H and O–H groups in total. The average molecular weight is 810 g/mol. The van der Waals surface area contributed by atoms with Crippen LogP contribution in [0.4, 0.5) is 51.2 Å². The molecule has 0 atom stereocenters. The molecule has 0 aliphatic carbocycles. The second kappa shape index (κ2) is 14.4. The number of rotatable bonds is 6. The van der Waals surface area contributed by atoms with Gasteiger partial charge < -0.3 is 19.1 Å². The largest absolute Gasteiger partial charge is 0.453 e. The van der Waals surface area contributed by atoms with E-state index in [4.69, 9.17) is 4.42 Å². The lowest BCUT2D eigenvalue weighted by Gasteiger charge is -2.45. The standard InChI is InChI=1S/C58H44BN3O/c1-37-15-11-21-43(31-37)61-52-33-39(3)27-29-49(52)59-50-30-28-40(4)34-53(50)62(44-22-12-16-38(2)32-44)55-36-45(35-54(61)56(55)59)60(42-19-9-6-10-20-42)51-26-14-25-48-47-24-13-23-46(57(47)63-58(48)51)41-17-7-5-8-18-41/h5-36H,1-4H3. The zero-order chi connectivity index (χ0) is 42.3. The molecule has 10 aromatic rings. The molecule has 0 fully saturated rings. The van der Waals surface area contributed by atoms with Crippen molar-refractivity contribution in [2.24, 2.45) is 0 Å². The first-order valence-electron chi connectivity index (χ1n) is 21.9. The van der Waals surface area contributed by atoms with Gasteiger partial charge in [0.05, 0.1) is 11.4 Å². The third-order valence-corrected chi connectivity index (χ3v) is 13.0. The van der Waals surface area contributed by atoms with Gasteiger partial charge in [0.1, 0.15) is 5.58 Å². The second-order valence-electron chi connectivity index (χ2n) is 17.3. The summed E-state index contributed by atoms with van der Waals surface area (Å²) in [5, 5.41) is 2.18. The number of hydrogen-bond acceptors (Lipinski definition) is 4. The number of benzene rings is 9. The summed E-state index contributed by atoms with van der Waals surface area (Å²) in [5.41, 5.74) is 22.8. The molecule has 5 heteroatoms. The molecule has 300 valence electrons. The molecule has 3 heterocycles. The Labute approximate surface area is 369 Å². The van der Waals surface area contributed by atoms with Gasteiger partial charge in [0.2, 0.25) is 0 Å². The van der Waals surface area contributed by atoms with Crippen LogP contribution in [-0.2, 0) is 0 Å². The second-order valence-corrected chi connectivity index (χ2v) is 17.3. The summed E-state index contributed by atoms with van der Waals surface area (Å²) in [4.78, 5) is 7.43. The van der Waals surface area contributed by atoms with Crippen LogP contribution in [0, 0.1) is 27.7 Å². The van der Waals surface area contributed by atoms with E-state index in [2.05, 4.69) is 237 Å². The minimum Gasteiger partial charge on any atom is -0.453 e. The monoisotopic (exact) mass is 809 g/mol. The third-order valence-electron chi connectivity index (χ3n) is 13.0. The highest BCUT2D eigenvalue weighted by Crippen LogP contribution is 2.50. The van der Waals surface area contributed by atoms with Crippen molar-refractivity contribution in [2.45, 2.75) is 27.7 Å². The van der Waals surface area contributed by atoms with Gasteiger partial charge in [-0.2, -0.15) is 0 Å². The topological polar surface area (TPSA) is 22.9 Å². The Kier molecular flexibility index (Phi) is 8.48. The van der Waals surface area contributed by atoms with Crippen molar-refractivity contribution in [1.29, 1.82) is 0 Å². The van der Waals surface area contributed by atoms with Crippen molar-refractivity contribution in [3.8, 4) is 11.1 Å². The zero-order valence-corrected chi connectivity index (χ0v) is 35.8. The number of fused-ring (bicyclic) bond motifs is 7. The number of furan rings is 1. The fraction of sp³-hybridized carbons (Fsp3) is 0.0690. The van der Waals surface area contributed by atoms with Crippen molar-refractivity contribution >= 4 is 96.2 Å². The summed E-state index contributed by atoms with van der Waals surface area (Å²) in [5.74, 6) is 0. The zero-order valence-electron chi connectivity index (χ0n) is 35.8.